The first-order chi connectivity index (χ1) is 8.42. The summed E-state index contributed by atoms with van der Waals surface area (Å²) in [4.78, 5) is 12.2. The molecule has 1 aromatic rings. The van der Waals surface area contributed by atoms with E-state index >= 15 is 0 Å². The second-order valence-electron chi connectivity index (χ2n) is 3.78. The molecule has 1 heterocycles. The maximum atomic E-state index is 12.2. The van der Waals surface area contributed by atoms with Crippen molar-refractivity contribution in [3.05, 3.63) is 24.5 Å². The number of alkyl halides is 3. The number of amides is 2. The molecule has 1 N–H and O–H groups in total. The lowest BCUT2D eigenvalue weighted by molar-refractivity contribution is -0.139. The monoisotopic (exact) mass is 263 g/mol. The lowest BCUT2D eigenvalue weighted by Crippen LogP contribution is -2.45. The molecule has 0 atom stereocenters. The van der Waals surface area contributed by atoms with Gasteiger partial charge in [0.15, 0.2) is 0 Å². The summed E-state index contributed by atoms with van der Waals surface area (Å²) in [6.45, 7) is 1.13. The Morgan fingerprint density at radius 2 is 1.94 bits per heavy atom. The summed E-state index contributed by atoms with van der Waals surface area (Å²) in [7, 11) is 0. The van der Waals surface area contributed by atoms with Gasteiger partial charge in [-0.15, -0.1) is 0 Å². The van der Waals surface area contributed by atoms with E-state index in [-0.39, 0.29) is 6.54 Å². The summed E-state index contributed by atoms with van der Waals surface area (Å²) in [5, 5.41) is 2.46. The molecule has 2 amide bonds. The Kier molecular flexibility index (Phi) is 5.06. The fourth-order valence-corrected chi connectivity index (χ4v) is 1.47. The highest BCUT2D eigenvalue weighted by Crippen LogP contribution is 2.16. The molecule has 0 aliphatic rings. The zero-order chi connectivity index (χ0) is 13.6. The maximum Gasteiger partial charge on any atom is 0.406 e. The van der Waals surface area contributed by atoms with Crippen molar-refractivity contribution >= 4 is 6.03 Å². The van der Waals surface area contributed by atoms with Crippen LogP contribution in [-0.4, -0.2) is 41.3 Å². The van der Waals surface area contributed by atoms with Gasteiger partial charge >= 0.3 is 12.2 Å². The number of hydrogen-bond acceptors (Lipinski definition) is 1. The Balaban J connectivity index is 2.33. The van der Waals surface area contributed by atoms with Crippen LogP contribution >= 0.6 is 0 Å². The topological polar surface area (TPSA) is 37.3 Å². The van der Waals surface area contributed by atoms with Gasteiger partial charge in [-0.25, -0.2) is 4.79 Å². The second-order valence-corrected chi connectivity index (χ2v) is 3.78. The van der Waals surface area contributed by atoms with E-state index in [9.17, 15) is 18.0 Å². The van der Waals surface area contributed by atoms with Gasteiger partial charge in [0.05, 0.1) is 0 Å². The fourth-order valence-electron chi connectivity index (χ4n) is 1.47. The molecule has 0 bridgehead atoms. The molecule has 0 saturated heterocycles. The van der Waals surface area contributed by atoms with E-state index in [0.717, 1.165) is 4.90 Å². The quantitative estimate of drug-likeness (QED) is 0.867. The largest absolute Gasteiger partial charge is 0.406 e. The molecule has 18 heavy (non-hydrogen) atoms. The van der Waals surface area contributed by atoms with Crippen LogP contribution in [0.2, 0.25) is 0 Å². The van der Waals surface area contributed by atoms with Crippen molar-refractivity contribution in [3.8, 4) is 0 Å². The van der Waals surface area contributed by atoms with Crippen LogP contribution < -0.4 is 5.32 Å². The van der Waals surface area contributed by atoms with E-state index in [1.165, 1.54) is 6.92 Å². The first-order valence-corrected chi connectivity index (χ1v) is 5.62. The zero-order valence-corrected chi connectivity index (χ0v) is 10.1. The van der Waals surface area contributed by atoms with Crippen molar-refractivity contribution < 1.29 is 18.0 Å². The van der Waals surface area contributed by atoms with Gasteiger partial charge in [0.25, 0.3) is 0 Å². The van der Waals surface area contributed by atoms with Crippen LogP contribution in [0.3, 0.4) is 0 Å². The highest BCUT2D eigenvalue weighted by Gasteiger charge is 2.32. The van der Waals surface area contributed by atoms with Crippen molar-refractivity contribution in [2.75, 3.05) is 19.6 Å². The molecule has 4 nitrogen and oxygen atoms in total. The zero-order valence-electron chi connectivity index (χ0n) is 10.1. The van der Waals surface area contributed by atoms with Crippen molar-refractivity contribution in [1.82, 2.24) is 14.8 Å². The number of rotatable bonds is 5. The maximum absolute atomic E-state index is 12.2. The third-order valence-corrected chi connectivity index (χ3v) is 2.35. The van der Waals surface area contributed by atoms with Gasteiger partial charge in [0, 0.05) is 32.0 Å². The van der Waals surface area contributed by atoms with Crippen LogP contribution in [0.4, 0.5) is 18.0 Å². The second kappa shape index (κ2) is 6.32. The van der Waals surface area contributed by atoms with Crippen LogP contribution in [0.5, 0.6) is 0 Å². The third kappa shape index (κ3) is 5.11. The number of nitrogens with one attached hydrogen (secondary N) is 1. The molecule has 0 fully saturated rings. The van der Waals surface area contributed by atoms with Crippen LogP contribution in [0.1, 0.15) is 6.92 Å². The average Bonchev–Trinajstić information content (AvgIpc) is 2.77. The van der Waals surface area contributed by atoms with Crippen LogP contribution in [0.25, 0.3) is 0 Å². The highest BCUT2D eigenvalue weighted by atomic mass is 19.4. The van der Waals surface area contributed by atoms with Crippen LogP contribution in [0, 0.1) is 0 Å². The first-order valence-electron chi connectivity index (χ1n) is 5.62. The average molecular weight is 263 g/mol. The van der Waals surface area contributed by atoms with E-state index in [2.05, 4.69) is 5.32 Å². The summed E-state index contributed by atoms with van der Waals surface area (Å²) in [5.74, 6) is 0. The normalized spacial score (nSPS) is 11.3. The molecule has 0 aliphatic heterocycles. The molecule has 0 spiro atoms. The Morgan fingerprint density at radius 3 is 2.44 bits per heavy atom. The van der Waals surface area contributed by atoms with Gasteiger partial charge in [0.2, 0.25) is 0 Å². The fraction of sp³-hybridized carbons (Fsp3) is 0.545. The van der Waals surface area contributed by atoms with E-state index in [1.807, 2.05) is 29.1 Å². The standard InChI is InChI=1S/C11H16F3N3O/c1-2-17(9-11(12,13)14)10(18)15-5-8-16-6-3-4-7-16/h3-4,6-7H,2,5,8-9H2,1H3,(H,15,18). The number of nitrogens with zero attached hydrogens (tertiary/aromatic N) is 2. The van der Waals surface area contributed by atoms with E-state index in [1.54, 1.807) is 0 Å². The molecule has 0 saturated carbocycles. The summed E-state index contributed by atoms with van der Waals surface area (Å²) in [5.41, 5.74) is 0. The molecule has 102 valence electrons. The van der Waals surface area contributed by atoms with Crippen LogP contribution in [0.15, 0.2) is 24.5 Å². The van der Waals surface area contributed by atoms with Crippen LogP contribution in [-0.2, 0) is 6.54 Å². The summed E-state index contributed by atoms with van der Waals surface area (Å²) in [6.07, 6.45) is -0.729. The minimum Gasteiger partial charge on any atom is -0.353 e. The van der Waals surface area contributed by atoms with Gasteiger partial charge in [-0.05, 0) is 19.1 Å². The molecule has 7 heteroatoms. The third-order valence-electron chi connectivity index (χ3n) is 2.35. The summed E-state index contributed by atoms with van der Waals surface area (Å²) < 4.78 is 38.4. The number of carbonyl (C=O) groups is 1. The van der Waals surface area contributed by atoms with Crippen molar-refractivity contribution in [2.45, 2.75) is 19.6 Å². The van der Waals surface area contributed by atoms with E-state index in [0.29, 0.717) is 13.1 Å². The van der Waals surface area contributed by atoms with E-state index in [4.69, 9.17) is 0 Å². The van der Waals surface area contributed by atoms with Gasteiger partial charge in [-0.2, -0.15) is 13.2 Å². The lowest BCUT2D eigenvalue weighted by atomic mass is 10.5. The molecular formula is C11H16F3N3O. The number of aromatic nitrogens is 1. The first kappa shape index (κ1) is 14.4. The van der Waals surface area contributed by atoms with Gasteiger partial charge in [-0.3, -0.25) is 0 Å². The van der Waals surface area contributed by atoms with Crippen molar-refractivity contribution in [2.24, 2.45) is 0 Å². The number of carbonyl (C=O) groups excluding carboxylic acids is 1. The number of hydrogen-bond donors (Lipinski definition) is 1. The Morgan fingerprint density at radius 1 is 1.33 bits per heavy atom. The Hall–Kier alpha value is -1.66. The minimum absolute atomic E-state index is 0.0227. The molecule has 0 unspecified atom stereocenters. The number of halogens is 3. The summed E-state index contributed by atoms with van der Waals surface area (Å²) >= 11 is 0. The SMILES string of the molecule is CCN(CC(F)(F)F)C(=O)NCCn1cccc1. The van der Waals surface area contributed by atoms with Gasteiger partial charge in [-0.1, -0.05) is 0 Å². The van der Waals surface area contributed by atoms with Gasteiger partial charge < -0.3 is 14.8 Å². The minimum atomic E-state index is -4.37. The molecule has 1 aromatic heterocycles. The molecule has 0 aromatic carbocycles. The molecule has 0 aliphatic carbocycles. The predicted octanol–water partition coefficient (Wildman–Crippen LogP) is 2.08. The molecular weight excluding hydrogens is 247 g/mol. The predicted molar refractivity (Wildman–Crippen MR) is 61.1 cm³/mol. The lowest BCUT2D eigenvalue weighted by Gasteiger charge is -2.22. The van der Waals surface area contributed by atoms with Crippen molar-refractivity contribution in [1.29, 1.82) is 0 Å². The Labute approximate surface area is 103 Å². The number of urea groups is 1. The Bertz CT molecular complexity index is 362. The smallest absolute Gasteiger partial charge is 0.353 e. The molecule has 1 rings (SSSR count). The summed E-state index contributed by atoms with van der Waals surface area (Å²) in [6, 6.07) is 2.98. The molecule has 0 radical (unpaired) electrons. The van der Waals surface area contributed by atoms with E-state index < -0.39 is 18.8 Å². The highest BCUT2D eigenvalue weighted by molar-refractivity contribution is 5.74. The van der Waals surface area contributed by atoms with Crippen molar-refractivity contribution in [3.63, 3.8) is 0 Å². The van der Waals surface area contributed by atoms with Gasteiger partial charge in [0.1, 0.15) is 6.54 Å².